The lowest BCUT2D eigenvalue weighted by atomic mass is 10.2. The highest BCUT2D eigenvalue weighted by atomic mass is 35.5. The molecular formula is C22H20ClF3N8O4. The van der Waals surface area contributed by atoms with Crippen LogP contribution in [0.25, 0.3) is 17.1 Å². The first-order valence-electron chi connectivity index (χ1n) is 11.0. The van der Waals surface area contributed by atoms with Gasteiger partial charge in [0.2, 0.25) is 11.7 Å². The van der Waals surface area contributed by atoms with E-state index in [9.17, 15) is 27.9 Å². The predicted molar refractivity (Wildman–Crippen MR) is 127 cm³/mol. The highest BCUT2D eigenvalue weighted by Gasteiger charge is 2.39. The van der Waals surface area contributed by atoms with Crippen molar-refractivity contribution < 1.29 is 27.8 Å². The number of halogens is 4. The third-order valence-corrected chi connectivity index (χ3v) is 5.43. The summed E-state index contributed by atoms with van der Waals surface area (Å²) in [6.07, 6.45) is -6.33. The molecule has 0 bridgehead atoms. The van der Waals surface area contributed by atoms with Gasteiger partial charge in [-0.15, -0.1) is 10.2 Å². The standard InChI is InChI=1S/C22H20ClF3N8O4/c1-2-38-20-14(4-3-9-28-20)34-19(17(27)36)29-16(30-34)11-33-21(37)32(10-15(35)22(24,25)26)18(31-33)12-5-7-13(23)8-6-12/h3-9,15,35H,2,10-11H2,1H3,(H2,27,36). The second-order valence-corrected chi connectivity index (χ2v) is 8.26. The molecule has 12 nitrogen and oxygen atoms in total. The Morgan fingerprint density at radius 3 is 2.55 bits per heavy atom. The zero-order valence-electron chi connectivity index (χ0n) is 19.6. The van der Waals surface area contributed by atoms with Crippen LogP contribution in [-0.2, 0) is 13.1 Å². The molecular weight excluding hydrogens is 533 g/mol. The summed E-state index contributed by atoms with van der Waals surface area (Å²) >= 11 is 5.90. The fourth-order valence-corrected chi connectivity index (χ4v) is 3.60. The van der Waals surface area contributed by atoms with E-state index < -0.39 is 37.0 Å². The molecule has 0 saturated carbocycles. The Morgan fingerprint density at radius 2 is 1.92 bits per heavy atom. The van der Waals surface area contributed by atoms with Crippen LogP contribution in [0, 0.1) is 0 Å². The minimum Gasteiger partial charge on any atom is -0.476 e. The Balaban J connectivity index is 1.78. The largest absolute Gasteiger partial charge is 0.476 e. The third kappa shape index (κ3) is 5.52. The summed E-state index contributed by atoms with van der Waals surface area (Å²) in [7, 11) is 0. The van der Waals surface area contributed by atoms with Crippen LogP contribution in [0.1, 0.15) is 23.4 Å². The summed E-state index contributed by atoms with van der Waals surface area (Å²) in [4.78, 5) is 33.4. The Morgan fingerprint density at radius 1 is 1.21 bits per heavy atom. The second kappa shape index (κ2) is 10.6. The predicted octanol–water partition coefficient (Wildman–Crippen LogP) is 1.81. The summed E-state index contributed by atoms with van der Waals surface area (Å²) in [5.41, 5.74) is 5.00. The smallest absolute Gasteiger partial charge is 0.416 e. The van der Waals surface area contributed by atoms with Gasteiger partial charge < -0.3 is 15.6 Å². The minimum atomic E-state index is -4.97. The Hall–Kier alpha value is -4.24. The summed E-state index contributed by atoms with van der Waals surface area (Å²) in [6, 6.07) is 8.98. The van der Waals surface area contributed by atoms with E-state index in [4.69, 9.17) is 22.1 Å². The van der Waals surface area contributed by atoms with Gasteiger partial charge in [-0.05, 0) is 43.3 Å². The molecule has 0 saturated heterocycles. The highest BCUT2D eigenvalue weighted by molar-refractivity contribution is 6.30. The van der Waals surface area contributed by atoms with Crippen LogP contribution in [0.5, 0.6) is 5.88 Å². The van der Waals surface area contributed by atoms with Crippen LogP contribution in [0.2, 0.25) is 5.02 Å². The van der Waals surface area contributed by atoms with Crippen LogP contribution >= 0.6 is 11.6 Å². The van der Waals surface area contributed by atoms with Gasteiger partial charge in [-0.3, -0.25) is 9.36 Å². The molecule has 3 aromatic heterocycles. The number of nitrogens with two attached hydrogens (primary N) is 1. The molecule has 0 radical (unpaired) electrons. The number of pyridine rings is 1. The monoisotopic (exact) mass is 552 g/mol. The molecule has 38 heavy (non-hydrogen) atoms. The van der Waals surface area contributed by atoms with Crippen LogP contribution in [0.15, 0.2) is 47.4 Å². The number of nitrogens with zero attached hydrogens (tertiary/aromatic N) is 7. The van der Waals surface area contributed by atoms with Gasteiger partial charge in [-0.2, -0.15) is 13.2 Å². The fourth-order valence-electron chi connectivity index (χ4n) is 3.47. The topological polar surface area (TPSA) is 156 Å². The van der Waals surface area contributed by atoms with Crippen molar-refractivity contribution in [1.29, 1.82) is 0 Å². The highest BCUT2D eigenvalue weighted by Crippen LogP contribution is 2.24. The summed E-state index contributed by atoms with van der Waals surface area (Å²) in [5, 5.41) is 18.4. The van der Waals surface area contributed by atoms with Crippen molar-refractivity contribution in [3.63, 3.8) is 0 Å². The molecule has 0 fully saturated rings. The van der Waals surface area contributed by atoms with Gasteiger partial charge in [0, 0.05) is 16.8 Å². The van der Waals surface area contributed by atoms with Crippen molar-refractivity contribution in [3.8, 4) is 23.0 Å². The SMILES string of the molecule is CCOc1ncccc1-n1nc(Cn2nc(-c3ccc(Cl)cc3)n(CC(O)C(F)(F)F)c2=O)nc1C(N)=O. The van der Waals surface area contributed by atoms with Crippen molar-refractivity contribution in [2.24, 2.45) is 5.73 Å². The number of hydrogen-bond acceptors (Lipinski definition) is 8. The Kier molecular flexibility index (Phi) is 7.50. The molecule has 16 heteroatoms. The van der Waals surface area contributed by atoms with E-state index in [2.05, 4.69) is 20.2 Å². The molecule has 0 aliphatic carbocycles. The molecule has 3 N–H and O–H groups in total. The number of aromatic nitrogens is 7. The molecule has 0 aliphatic heterocycles. The van der Waals surface area contributed by atoms with E-state index in [1.165, 1.54) is 30.5 Å². The number of aliphatic hydroxyl groups is 1. The van der Waals surface area contributed by atoms with E-state index >= 15 is 0 Å². The molecule has 200 valence electrons. The second-order valence-electron chi connectivity index (χ2n) is 7.83. The fraction of sp³-hybridized carbons (Fsp3) is 0.273. The lowest BCUT2D eigenvalue weighted by Gasteiger charge is -2.15. The molecule has 1 aromatic carbocycles. The molecule has 0 aliphatic rings. The van der Waals surface area contributed by atoms with E-state index in [-0.39, 0.29) is 41.2 Å². The Bertz CT molecular complexity index is 1510. The number of amides is 1. The first-order chi connectivity index (χ1) is 18.0. The molecule has 4 rings (SSSR count). The number of ether oxygens (including phenoxy) is 1. The molecule has 1 amide bonds. The van der Waals surface area contributed by atoms with Gasteiger partial charge in [0.1, 0.15) is 12.2 Å². The van der Waals surface area contributed by atoms with Gasteiger partial charge in [-0.1, -0.05) is 11.6 Å². The van der Waals surface area contributed by atoms with Gasteiger partial charge in [0.15, 0.2) is 17.8 Å². The average Bonchev–Trinajstić information content (AvgIpc) is 3.42. The van der Waals surface area contributed by atoms with E-state index in [1.54, 1.807) is 19.1 Å². The van der Waals surface area contributed by atoms with Crippen molar-refractivity contribution in [1.82, 2.24) is 34.1 Å². The van der Waals surface area contributed by atoms with Crippen LogP contribution in [0.4, 0.5) is 13.2 Å². The molecule has 3 heterocycles. The van der Waals surface area contributed by atoms with Gasteiger partial charge in [0.05, 0.1) is 13.2 Å². The average molecular weight is 553 g/mol. The van der Waals surface area contributed by atoms with Crippen molar-refractivity contribution in [2.45, 2.75) is 32.3 Å². The van der Waals surface area contributed by atoms with Gasteiger partial charge in [0.25, 0.3) is 5.91 Å². The maximum Gasteiger partial charge on any atom is 0.416 e. The van der Waals surface area contributed by atoms with Crippen LogP contribution in [0.3, 0.4) is 0 Å². The zero-order valence-corrected chi connectivity index (χ0v) is 20.4. The van der Waals surface area contributed by atoms with Crippen LogP contribution < -0.4 is 16.2 Å². The molecule has 0 spiro atoms. The number of aliphatic hydroxyl groups excluding tert-OH is 1. The third-order valence-electron chi connectivity index (χ3n) is 5.18. The van der Waals surface area contributed by atoms with Gasteiger partial charge in [-0.25, -0.2) is 24.1 Å². The number of carbonyl (C=O) groups excluding carboxylic acids is 1. The molecule has 1 unspecified atom stereocenters. The van der Waals surface area contributed by atoms with Crippen molar-refractivity contribution in [2.75, 3.05) is 6.61 Å². The first kappa shape index (κ1) is 26.8. The van der Waals surface area contributed by atoms with Crippen molar-refractivity contribution >= 4 is 17.5 Å². The molecule has 4 aromatic rings. The maximum atomic E-state index is 13.1. The number of rotatable bonds is 9. The van der Waals surface area contributed by atoms with E-state index in [0.717, 1.165) is 9.36 Å². The lowest BCUT2D eigenvalue weighted by molar-refractivity contribution is -0.207. The summed E-state index contributed by atoms with van der Waals surface area (Å²) in [6.45, 7) is 0.451. The number of benzene rings is 1. The number of carbonyl (C=O) groups is 1. The normalized spacial score (nSPS) is 12.5. The first-order valence-corrected chi connectivity index (χ1v) is 11.4. The Labute approximate surface area is 217 Å². The van der Waals surface area contributed by atoms with E-state index in [1.807, 2.05) is 0 Å². The van der Waals surface area contributed by atoms with Crippen molar-refractivity contribution in [3.05, 3.63) is 69.8 Å². The minimum absolute atomic E-state index is 0.101. The van der Waals surface area contributed by atoms with E-state index in [0.29, 0.717) is 9.59 Å². The number of primary amides is 1. The lowest BCUT2D eigenvalue weighted by Crippen LogP contribution is -2.37. The molecule has 1 atom stereocenters. The quantitative estimate of drug-likeness (QED) is 0.318. The van der Waals surface area contributed by atoms with Crippen LogP contribution in [-0.4, -0.2) is 64.0 Å². The number of alkyl halides is 3. The summed E-state index contributed by atoms with van der Waals surface area (Å²) in [5.74, 6) is -1.36. The maximum absolute atomic E-state index is 13.1. The zero-order chi connectivity index (χ0) is 27.6. The number of hydrogen-bond donors (Lipinski definition) is 2. The van der Waals surface area contributed by atoms with Gasteiger partial charge >= 0.3 is 11.9 Å². The summed E-state index contributed by atoms with van der Waals surface area (Å²) < 4.78 is 47.3.